The first-order valence-corrected chi connectivity index (χ1v) is 5.17. The molecule has 0 aromatic heterocycles. The summed E-state index contributed by atoms with van der Waals surface area (Å²) in [4.78, 5) is 1.76. The minimum atomic E-state index is -0.577. The fraction of sp³-hybridized carbons (Fsp3) is 0.400. The highest BCUT2D eigenvalue weighted by atomic mass is 35.5. The topological polar surface area (TPSA) is 15.3 Å². The number of halogens is 3. The van der Waals surface area contributed by atoms with Crippen LogP contribution < -0.4 is 10.2 Å². The standard InChI is InChI=1S/C10H11ClF2N2/c11-9-7(12)1-2-8(13)10(9)15-5-3-14-4-6-15/h1-2,14H,3-6H2. The van der Waals surface area contributed by atoms with Crippen LogP contribution in [0.5, 0.6) is 0 Å². The van der Waals surface area contributed by atoms with Gasteiger partial charge in [-0.2, -0.15) is 0 Å². The molecule has 1 aromatic carbocycles. The summed E-state index contributed by atoms with van der Waals surface area (Å²) in [6, 6.07) is 2.15. The van der Waals surface area contributed by atoms with Crippen LogP contribution in [0.4, 0.5) is 14.5 Å². The average molecular weight is 233 g/mol. The summed E-state index contributed by atoms with van der Waals surface area (Å²) >= 11 is 5.75. The lowest BCUT2D eigenvalue weighted by molar-refractivity contribution is 0.558. The number of hydrogen-bond donors (Lipinski definition) is 1. The molecule has 1 aliphatic heterocycles. The van der Waals surface area contributed by atoms with Gasteiger partial charge in [-0.05, 0) is 12.1 Å². The van der Waals surface area contributed by atoms with Crippen LogP contribution >= 0.6 is 11.6 Å². The first-order chi connectivity index (χ1) is 7.20. The van der Waals surface area contributed by atoms with Gasteiger partial charge in [0.2, 0.25) is 0 Å². The Balaban J connectivity index is 2.36. The third-order valence-electron chi connectivity index (χ3n) is 2.45. The SMILES string of the molecule is Fc1ccc(F)c(N2CCNCC2)c1Cl. The second-order valence-corrected chi connectivity index (χ2v) is 3.81. The van der Waals surface area contributed by atoms with Crippen molar-refractivity contribution >= 4 is 17.3 Å². The number of nitrogens with zero attached hydrogens (tertiary/aromatic N) is 1. The maximum Gasteiger partial charge on any atom is 0.148 e. The minimum absolute atomic E-state index is 0.128. The van der Waals surface area contributed by atoms with E-state index in [0.717, 1.165) is 25.2 Å². The molecule has 2 nitrogen and oxygen atoms in total. The largest absolute Gasteiger partial charge is 0.365 e. The smallest absolute Gasteiger partial charge is 0.148 e. The molecule has 0 spiro atoms. The van der Waals surface area contributed by atoms with Crippen molar-refractivity contribution in [2.45, 2.75) is 0 Å². The average Bonchev–Trinajstić information content (AvgIpc) is 2.26. The van der Waals surface area contributed by atoms with Crippen molar-refractivity contribution in [1.29, 1.82) is 0 Å². The summed E-state index contributed by atoms with van der Waals surface area (Å²) < 4.78 is 26.7. The summed E-state index contributed by atoms with van der Waals surface area (Å²) in [6.45, 7) is 2.79. The van der Waals surface area contributed by atoms with E-state index >= 15 is 0 Å². The van der Waals surface area contributed by atoms with Gasteiger partial charge in [0.05, 0.1) is 5.69 Å². The molecule has 0 unspecified atom stereocenters. The first kappa shape index (κ1) is 10.6. The number of piperazine rings is 1. The Morgan fingerprint density at radius 2 is 1.73 bits per heavy atom. The fourth-order valence-corrected chi connectivity index (χ4v) is 1.97. The van der Waals surface area contributed by atoms with Crippen LogP contribution in [0.15, 0.2) is 12.1 Å². The quantitative estimate of drug-likeness (QED) is 0.746. The van der Waals surface area contributed by atoms with Gasteiger partial charge in [-0.15, -0.1) is 0 Å². The van der Waals surface area contributed by atoms with E-state index in [4.69, 9.17) is 11.6 Å². The Kier molecular flexibility index (Phi) is 3.07. The van der Waals surface area contributed by atoms with Crippen LogP contribution in [0, 0.1) is 11.6 Å². The van der Waals surface area contributed by atoms with E-state index in [1.165, 1.54) is 0 Å². The molecule has 0 aliphatic carbocycles. The predicted molar refractivity (Wildman–Crippen MR) is 56.5 cm³/mol. The lowest BCUT2D eigenvalue weighted by Gasteiger charge is -2.30. The Hall–Kier alpha value is -0.870. The van der Waals surface area contributed by atoms with Gasteiger partial charge in [-0.1, -0.05) is 11.6 Å². The van der Waals surface area contributed by atoms with Gasteiger partial charge in [0, 0.05) is 26.2 Å². The second-order valence-electron chi connectivity index (χ2n) is 3.43. The van der Waals surface area contributed by atoms with Gasteiger partial charge in [0.1, 0.15) is 16.7 Å². The van der Waals surface area contributed by atoms with E-state index < -0.39 is 11.6 Å². The monoisotopic (exact) mass is 232 g/mol. The highest BCUT2D eigenvalue weighted by Crippen LogP contribution is 2.31. The molecule has 2 rings (SSSR count). The lowest BCUT2D eigenvalue weighted by Crippen LogP contribution is -2.44. The Morgan fingerprint density at radius 3 is 2.40 bits per heavy atom. The van der Waals surface area contributed by atoms with Crippen LogP contribution in [0.2, 0.25) is 5.02 Å². The van der Waals surface area contributed by atoms with Crippen molar-refractivity contribution < 1.29 is 8.78 Å². The molecule has 82 valence electrons. The molecule has 1 aromatic rings. The molecule has 5 heteroatoms. The highest BCUT2D eigenvalue weighted by Gasteiger charge is 2.19. The van der Waals surface area contributed by atoms with Crippen molar-refractivity contribution in [2.24, 2.45) is 0 Å². The Morgan fingerprint density at radius 1 is 1.13 bits per heavy atom. The summed E-state index contributed by atoms with van der Waals surface area (Å²) in [5.41, 5.74) is 0.179. The van der Waals surface area contributed by atoms with Gasteiger partial charge in [-0.3, -0.25) is 0 Å². The van der Waals surface area contributed by atoms with E-state index in [-0.39, 0.29) is 10.7 Å². The molecule has 1 aliphatic rings. The zero-order valence-corrected chi connectivity index (χ0v) is 8.82. The van der Waals surface area contributed by atoms with Crippen molar-refractivity contribution in [2.75, 3.05) is 31.1 Å². The number of benzene rings is 1. The van der Waals surface area contributed by atoms with Crippen molar-refractivity contribution in [3.8, 4) is 0 Å². The molecule has 0 radical (unpaired) electrons. The van der Waals surface area contributed by atoms with Crippen molar-refractivity contribution in [1.82, 2.24) is 5.32 Å². The normalized spacial score (nSPS) is 16.9. The van der Waals surface area contributed by atoms with Gasteiger partial charge in [0.15, 0.2) is 0 Å². The van der Waals surface area contributed by atoms with E-state index in [9.17, 15) is 8.78 Å². The number of nitrogens with one attached hydrogen (secondary N) is 1. The van der Waals surface area contributed by atoms with Crippen LogP contribution in [0.3, 0.4) is 0 Å². The molecule has 1 N–H and O–H groups in total. The molecular formula is C10H11ClF2N2. The second kappa shape index (κ2) is 4.33. The molecule has 1 saturated heterocycles. The van der Waals surface area contributed by atoms with E-state index in [2.05, 4.69) is 5.32 Å². The van der Waals surface area contributed by atoms with Gasteiger partial charge >= 0.3 is 0 Å². The van der Waals surface area contributed by atoms with Crippen LogP contribution in [-0.4, -0.2) is 26.2 Å². The molecule has 0 atom stereocenters. The van der Waals surface area contributed by atoms with E-state index in [1.807, 2.05) is 0 Å². The fourth-order valence-electron chi connectivity index (χ4n) is 1.69. The summed E-state index contributed by atoms with van der Waals surface area (Å²) in [7, 11) is 0. The number of hydrogen-bond acceptors (Lipinski definition) is 2. The Bertz CT molecular complexity index is 365. The molecule has 1 fully saturated rings. The van der Waals surface area contributed by atoms with Crippen molar-refractivity contribution in [3.05, 3.63) is 28.8 Å². The van der Waals surface area contributed by atoms with E-state index in [0.29, 0.717) is 13.1 Å². The minimum Gasteiger partial charge on any atom is -0.365 e. The third kappa shape index (κ3) is 2.06. The highest BCUT2D eigenvalue weighted by molar-refractivity contribution is 6.33. The zero-order valence-electron chi connectivity index (χ0n) is 8.06. The Labute approximate surface area is 91.8 Å². The molecule has 15 heavy (non-hydrogen) atoms. The lowest BCUT2D eigenvalue weighted by atomic mass is 10.2. The number of anilines is 1. The van der Waals surface area contributed by atoms with E-state index in [1.54, 1.807) is 4.90 Å². The maximum atomic E-state index is 13.5. The van der Waals surface area contributed by atoms with Gasteiger partial charge in [-0.25, -0.2) is 8.78 Å². The number of rotatable bonds is 1. The molecule has 0 saturated carbocycles. The van der Waals surface area contributed by atoms with Crippen LogP contribution in [0.1, 0.15) is 0 Å². The molecule has 0 bridgehead atoms. The molecular weight excluding hydrogens is 222 g/mol. The predicted octanol–water partition coefficient (Wildman–Crippen LogP) is 2.03. The zero-order chi connectivity index (χ0) is 10.8. The van der Waals surface area contributed by atoms with Gasteiger partial charge < -0.3 is 10.2 Å². The third-order valence-corrected chi connectivity index (χ3v) is 2.81. The molecule has 0 amide bonds. The van der Waals surface area contributed by atoms with Gasteiger partial charge in [0.25, 0.3) is 0 Å². The first-order valence-electron chi connectivity index (χ1n) is 4.79. The van der Waals surface area contributed by atoms with Crippen LogP contribution in [-0.2, 0) is 0 Å². The maximum absolute atomic E-state index is 13.5. The van der Waals surface area contributed by atoms with Crippen LogP contribution in [0.25, 0.3) is 0 Å². The summed E-state index contributed by atoms with van der Waals surface area (Å²) in [5.74, 6) is -1.05. The molecule has 1 heterocycles. The van der Waals surface area contributed by atoms with Crippen molar-refractivity contribution in [3.63, 3.8) is 0 Å². The summed E-state index contributed by atoms with van der Waals surface area (Å²) in [5, 5.41) is 3.01. The summed E-state index contributed by atoms with van der Waals surface area (Å²) in [6.07, 6.45) is 0.